The van der Waals surface area contributed by atoms with E-state index in [0.29, 0.717) is 12.5 Å². The van der Waals surface area contributed by atoms with Crippen LogP contribution in [0.3, 0.4) is 0 Å². The predicted molar refractivity (Wildman–Crippen MR) is 124 cm³/mol. The maximum absolute atomic E-state index is 13.0. The maximum atomic E-state index is 13.0. The van der Waals surface area contributed by atoms with Gasteiger partial charge in [-0.05, 0) is 44.2 Å². The summed E-state index contributed by atoms with van der Waals surface area (Å²) < 4.78 is 5.69. The first-order valence-corrected chi connectivity index (χ1v) is 12.2. The molecule has 0 bridgehead atoms. The smallest absolute Gasteiger partial charge is 0.224 e. The molecule has 3 atom stereocenters. The average molecular weight is 429 g/mol. The molecule has 0 aliphatic carbocycles. The number of benzene rings is 1. The van der Waals surface area contributed by atoms with Gasteiger partial charge in [-0.1, -0.05) is 30.3 Å². The molecule has 3 aliphatic heterocycles. The van der Waals surface area contributed by atoms with Crippen molar-refractivity contribution in [3.63, 3.8) is 0 Å². The van der Waals surface area contributed by atoms with Gasteiger partial charge in [-0.2, -0.15) is 0 Å². The Labute approximate surface area is 187 Å². The molecule has 1 unspecified atom stereocenters. The van der Waals surface area contributed by atoms with Crippen molar-refractivity contribution in [2.75, 3.05) is 72.6 Å². The number of likely N-dealkylation sites (N-methyl/N-ethyl adjacent to an activating group) is 1. The van der Waals surface area contributed by atoms with Crippen molar-refractivity contribution >= 4 is 5.91 Å². The monoisotopic (exact) mass is 428 g/mol. The third kappa shape index (κ3) is 7.01. The van der Waals surface area contributed by atoms with E-state index in [4.69, 9.17) is 4.74 Å². The number of rotatable bonds is 8. The second-order valence-corrected chi connectivity index (χ2v) is 9.78. The van der Waals surface area contributed by atoms with Gasteiger partial charge >= 0.3 is 0 Å². The SMILES string of the molecule is CN1CCN(C[C@H]2C[C@@H](C(=O)NCC3CCCO3)CN(CCc3ccccc3)C2)CC1. The van der Waals surface area contributed by atoms with Gasteiger partial charge in [0.15, 0.2) is 0 Å². The molecule has 4 rings (SSSR count). The molecule has 0 saturated carbocycles. The van der Waals surface area contributed by atoms with Crippen molar-refractivity contribution in [1.29, 1.82) is 0 Å². The summed E-state index contributed by atoms with van der Waals surface area (Å²) in [6.07, 6.45) is 4.45. The third-order valence-electron chi connectivity index (χ3n) is 7.18. The number of piperazine rings is 1. The van der Waals surface area contributed by atoms with Crippen LogP contribution in [-0.4, -0.2) is 99.3 Å². The summed E-state index contributed by atoms with van der Waals surface area (Å²) in [5.41, 5.74) is 1.38. The third-order valence-corrected chi connectivity index (χ3v) is 7.18. The van der Waals surface area contributed by atoms with Gasteiger partial charge in [0.2, 0.25) is 5.91 Å². The Morgan fingerprint density at radius 1 is 1.10 bits per heavy atom. The summed E-state index contributed by atoms with van der Waals surface area (Å²) in [5.74, 6) is 0.873. The second-order valence-electron chi connectivity index (χ2n) is 9.78. The van der Waals surface area contributed by atoms with Gasteiger partial charge < -0.3 is 24.8 Å². The molecule has 172 valence electrons. The highest BCUT2D eigenvalue weighted by molar-refractivity contribution is 5.79. The van der Waals surface area contributed by atoms with E-state index in [1.54, 1.807) is 0 Å². The zero-order valence-corrected chi connectivity index (χ0v) is 19.2. The minimum Gasteiger partial charge on any atom is -0.376 e. The lowest BCUT2D eigenvalue weighted by Crippen LogP contribution is -2.52. The Kier molecular flexibility index (Phi) is 8.36. The number of nitrogens with one attached hydrogen (secondary N) is 1. The Balaban J connectivity index is 1.33. The first-order valence-electron chi connectivity index (χ1n) is 12.2. The van der Waals surface area contributed by atoms with Crippen LogP contribution in [0, 0.1) is 11.8 Å². The highest BCUT2D eigenvalue weighted by Gasteiger charge is 2.33. The fraction of sp³-hybridized carbons (Fsp3) is 0.720. The van der Waals surface area contributed by atoms with Crippen molar-refractivity contribution < 1.29 is 9.53 Å². The molecular formula is C25H40N4O2. The summed E-state index contributed by atoms with van der Waals surface area (Å²) in [7, 11) is 2.21. The van der Waals surface area contributed by atoms with Crippen LogP contribution in [0.15, 0.2) is 30.3 Å². The van der Waals surface area contributed by atoms with Crippen molar-refractivity contribution in [2.45, 2.75) is 31.8 Å². The van der Waals surface area contributed by atoms with Gasteiger partial charge in [0, 0.05) is 65.5 Å². The Morgan fingerprint density at radius 2 is 1.90 bits per heavy atom. The zero-order valence-electron chi connectivity index (χ0n) is 19.2. The van der Waals surface area contributed by atoms with Gasteiger partial charge in [0.25, 0.3) is 0 Å². The van der Waals surface area contributed by atoms with E-state index in [1.807, 2.05) is 0 Å². The standard InChI is InChI=1S/C25H40N4O2/c1-27-11-13-28(14-12-27)18-22-16-23(25(30)26-17-24-8-5-15-31-24)20-29(19-22)10-9-21-6-3-2-4-7-21/h2-4,6-7,22-24H,5,8-20H2,1H3,(H,26,30)/t22-,23-,24?/m1/s1. The zero-order chi connectivity index (χ0) is 21.5. The van der Waals surface area contributed by atoms with Crippen LogP contribution in [0.2, 0.25) is 0 Å². The van der Waals surface area contributed by atoms with Gasteiger partial charge in [-0.15, -0.1) is 0 Å². The first-order chi connectivity index (χ1) is 15.2. The molecule has 31 heavy (non-hydrogen) atoms. The van der Waals surface area contributed by atoms with Crippen molar-refractivity contribution in [3.05, 3.63) is 35.9 Å². The van der Waals surface area contributed by atoms with E-state index in [0.717, 1.165) is 84.6 Å². The number of carbonyl (C=O) groups is 1. The number of amides is 1. The molecule has 3 aliphatic rings. The van der Waals surface area contributed by atoms with Crippen molar-refractivity contribution in [3.8, 4) is 0 Å². The summed E-state index contributed by atoms with van der Waals surface area (Å²) in [4.78, 5) is 20.6. The van der Waals surface area contributed by atoms with Gasteiger partial charge in [0.1, 0.15) is 0 Å². The summed E-state index contributed by atoms with van der Waals surface area (Å²) >= 11 is 0. The molecule has 1 amide bonds. The van der Waals surface area contributed by atoms with Crippen molar-refractivity contribution in [2.24, 2.45) is 11.8 Å². The lowest BCUT2D eigenvalue weighted by molar-refractivity contribution is -0.128. The molecule has 1 N–H and O–H groups in total. The largest absolute Gasteiger partial charge is 0.376 e. The van der Waals surface area contributed by atoms with Crippen LogP contribution in [0.5, 0.6) is 0 Å². The number of hydrogen-bond acceptors (Lipinski definition) is 5. The van der Waals surface area contributed by atoms with Gasteiger partial charge in [-0.3, -0.25) is 4.79 Å². The molecule has 0 spiro atoms. The Hall–Kier alpha value is -1.47. The molecule has 1 aromatic rings. The highest BCUT2D eigenvalue weighted by Crippen LogP contribution is 2.24. The van der Waals surface area contributed by atoms with Crippen LogP contribution >= 0.6 is 0 Å². The number of piperidine rings is 1. The van der Waals surface area contributed by atoms with E-state index < -0.39 is 0 Å². The van der Waals surface area contributed by atoms with E-state index in [1.165, 1.54) is 5.56 Å². The number of carbonyl (C=O) groups excluding carboxylic acids is 1. The fourth-order valence-electron chi connectivity index (χ4n) is 5.30. The topological polar surface area (TPSA) is 48.1 Å². The van der Waals surface area contributed by atoms with Crippen LogP contribution in [0.1, 0.15) is 24.8 Å². The van der Waals surface area contributed by atoms with E-state index >= 15 is 0 Å². The van der Waals surface area contributed by atoms with Gasteiger partial charge in [-0.25, -0.2) is 0 Å². The molecule has 1 aromatic carbocycles. The lowest BCUT2D eigenvalue weighted by Gasteiger charge is -2.41. The Bertz CT molecular complexity index is 671. The fourth-order valence-corrected chi connectivity index (χ4v) is 5.30. The molecule has 0 radical (unpaired) electrons. The van der Waals surface area contributed by atoms with E-state index in [9.17, 15) is 4.79 Å². The maximum Gasteiger partial charge on any atom is 0.224 e. The van der Waals surface area contributed by atoms with E-state index in [-0.39, 0.29) is 17.9 Å². The quantitative estimate of drug-likeness (QED) is 0.683. The number of hydrogen-bond donors (Lipinski definition) is 1. The lowest BCUT2D eigenvalue weighted by atomic mass is 9.87. The van der Waals surface area contributed by atoms with Crippen molar-refractivity contribution in [1.82, 2.24) is 20.0 Å². The molecular weight excluding hydrogens is 388 g/mol. The number of likely N-dealkylation sites (tertiary alicyclic amines) is 1. The Morgan fingerprint density at radius 3 is 2.65 bits per heavy atom. The molecule has 3 fully saturated rings. The summed E-state index contributed by atoms with van der Waals surface area (Å²) in [5, 5.41) is 3.21. The molecule has 3 saturated heterocycles. The average Bonchev–Trinajstić information content (AvgIpc) is 3.32. The van der Waals surface area contributed by atoms with Crippen LogP contribution in [-0.2, 0) is 16.0 Å². The minimum absolute atomic E-state index is 0.0865. The number of nitrogens with zero attached hydrogens (tertiary/aromatic N) is 3. The van der Waals surface area contributed by atoms with Crippen LogP contribution < -0.4 is 5.32 Å². The normalized spacial score (nSPS) is 28.6. The molecule has 3 heterocycles. The highest BCUT2D eigenvalue weighted by atomic mass is 16.5. The molecule has 6 heteroatoms. The predicted octanol–water partition coefficient (Wildman–Crippen LogP) is 1.71. The molecule has 6 nitrogen and oxygen atoms in total. The van der Waals surface area contributed by atoms with Crippen LogP contribution in [0.25, 0.3) is 0 Å². The van der Waals surface area contributed by atoms with E-state index in [2.05, 4.69) is 57.4 Å². The summed E-state index contributed by atoms with van der Waals surface area (Å²) in [6.45, 7) is 10.2. The first kappa shape index (κ1) is 22.7. The summed E-state index contributed by atoms with van der Waals surface area (Å²) in [6, 6.07) is 10.7. The minimum atomic E-state index is 0.0865. The number of ether oxygens (including phenoxy) is 1. The molecule has 0 aromatic heterocycles. The second kappa shape index (κ2) is 11.4. The van der Waals surface area contributed by atoms with Crippen LogP contribution in [0.4, 0.5) is 0 Å². The van der Waals surface area contributed by atoms with Gasteiger partial charge in [0.05, 0.1) is 12.0 Å².